The van der Waals surface area contributed by atoms with Crippen LogP contribution in [0, 0.1) is 0 Å². The molecule has 2 aromatic carbocycles. The summed E-state index contributed by atoms with van der Waals surface area (Å²) in [5, 5.41) is 15.9. The third-order valence-electron chi connectivity index (χ3n) is 3.86. The molecule has 1 unspecified atom stereocenters. The molecule has 0 saturated carbocycles. The number of rotatable bonds is 3. The molecular weight excluding hydrogens is 264 g/mol. The first-order chi connectivity index (χ1) is 10.3. The second-order valence-corrected chi connectivity index (χ2v) is 5.23. The molecule has 1 atom stereocenters. The van der Waals surface area contributed by atoms with Crippen molar-refractivity contribution in [2.45, 2.75) is 19.0 Å². The molecule has 4 nitrogen and oxygen atoms in total. The summed E-state index contributed by atoms with van der Waals surface area (Å²) in [6.07, 6.45) is 0. The lowest BCUT2D eigenvalue weighted by molar-refractivity contribution is -0.122. The van der Waals surface area contributed by atoms with E-state index in [1.807, 2.05) is 36.4 Å². The molecule has 0 aromatic heterocycles. The molecule has 1 aliphatic heterocycles. The molecule has 1 amide bonds. The number of carbonyl (C=O) groups is 1. The highest BCUT2D eigenvalue weighted by Gasteiger charge is 2.25. The molecule has 2 aromatic rings. The smallest absolute Gasteiger partial charge is 0.229 e. The molecule has 0 fully saturated rings. The lowest BCUT2D eigenvalue weighted by atomic mass is 9.90. The van der Waals surface area contributed by atoms with Gasteiger partial charge < -0.3 is 15.7 Å². The number of phenolic OH excluding ortho intramolecular Hbond substituents is 1. The summed E-state index contributed by atoms with van der Waals surface area (Å²) in [6.45, 7) is 1.78. The number of aromatic hydroxyl groups is 1. The van der Waals surface area contributed by atoms with E-state index < -0.39 is 0 Å². The van der Waals surface area contributed by atoms with Crippen molar-refractivity contribution in [2.75, 3.05) is 6.54 Å². The number of carbonyl (C=O) groups excluding carboxylic acids is 1. The van der Waals surface area contributed by atoms with Crippen LogP contribution in [0.2, 0.25) is 0 Å². The van der Waals surface area contributed by atoms with Gasteiger partial charge in [-0.2, -0.15) is 0 Å². The highest BCUT2D eigenvalue weighted by atomic mass is 16.3. The maximum atomic E-state index is 12.4. The van der Waals surface area contributed by atoms with Gasteiger partial charge in [0.25, 0.3) is 0 Å². The Morgan fingerprint density at radius 3 is 2.81 bits per heavy atom. The van der Waals surface area contributed by atoms with Gasteiger partial charge in [0.05, 0.1) is 5.92 Å². The maximum Gasteiger partial charge on any atom is 0.229 e. The first kappa shape index (κ1) is 13.6. The average molecular weight is 282 g/mol. The summed E-state index contributed by atoms with van der Waals surface area (Å²) in [6, 6.07) is 15.1. The Labute approximate surface area is 123 Å². The van der Waals surface area contributed by atoms with E-state index >= 15 is 0 Å². The number of fused-ring (bicyclic) bond motifs is 1. The number of nitrogens with one attached hydrogen (secondary N) is 2. The predicted octanol–water partition coefficient (Wildman–Crippen LogP) is 1.90. The Balaban J connectivity index is 1.71. The molecule has 4 heteroatoms. The predicted molar refractivity (Wildman–Crippen MR) is 80.8 cm³/mol. The summed E-state index contributed by atoms with van der Waals surface area (Å²) in [7, 11) is 0. The van der Waals surface area contributed by atoms with Crippen molar-refractivity contribution in [2.24, 2.45) is 0 Å². The van der Waals surface area contributed by atoms with Gasteiger partial charge in [0.15, 0.2) is 0 Å². The molecule has 0 radical (unpaired) electrons. The van der Waals surface area contributed by atoms with Crippen LogP contribution in [0.3, 0.4) is 0 Å². The Kier molecular flexibility index (Phi) is 3.88. The van der Waals surface area contributed by atoms with E-state index in [2.05, 4.69) is 10.6 Å². The van der Waals surface area contributed by atoms with Crippen LogP contribution in [0.25, 0.3) is 0 Å². The van der Waals surface area contributed by atoms with Crippen molar-refractivity contribution in [1.29, 1.82) is 0 Å². The van der Waals surface area contributed by atoms with Crippen LogP contribution in [0.1, 0.15) is 22.6 Å². The number of phenols is 1. The van der Waals surface area contributed by atoms with Crippen molar-refractivity contribution in [3.05, 3.63) is 65.2 Å². The molecule has 0 aliphatic carbocycles. The maximum absolute atomic E-state index is 12.4. The van der Waals surface area contributed by atoms with E-state index in [0.717, 1.165) is 17.7 Å². The minimum atomic E-state index is -0.180. The van der Waals surface area contributed by atoms with Crippen LogP contribution in [-0.4, -0.2) is 17.6 Å². The normalized spacial score (nSPS) is 17.0. The first-order valence-electron chi connectivity index (χ1n) is 7.09. The van der Waals surface area contributed by atoms with Gasteiger partial charge in [-0.15, -0.1) is 0 Å². The minimum absolute atomic E-state index is 0.0158. The average Bonchev–Trinajstić information content (AvgIpc) is 2.53. The Hall–Kier alpha value is -2.33. The lowest BCUT2D eigenvalue weighted by Crippen LogP contribution is -2.38. The summed E-state index contributed by atoms with van der Waals surface area (Å²) < 4.78 is 0. The molecular formula is C17H18N2O2. The Morgan fingerprint density at radius 1 is 1.19 bits per heavy atom. The largest absolute Gasteiger partial charge is 0.508 e. The van der Waals surface area contributed by atoms with E-state index in [1.54, 1.807) is 12.1 Å². The van der Waals surface area contributed by atoms with Gasteiger partial charge in [0.2, 0.25) is 5.91 Å². The molecule has 1 heterocycles. The Morgan fingerprint density at radius 2 is 1.95 bits per heavy atom. The zero-order valence-corrected chi connectivity index (χ0v) is 11.7. The van der Waals surface area contributed by atoms with Crippen LogP contribution in [0.5, 0.6) is 5.75 Å². The highest BCUT2D eigenvalue weighted by Crippen LogP contribution is 2.24. The fraction of sp³-hybridized carbons (Fsp3) is 0.235. The van der Waals surface area contributed by atoms with Crippen LogP contribution in [0.15, 0.2) is 48.5 Å². The first-order valence-corrected chi connectivity index (χ1v) is 7.09. The fourth-order valence-electron chi connectivity index (χ4n) is 2.70. The lowest BCUT2D eigenvalue weighted by Gasteiger charge is -2.25. The van der Waals surface area contributed by atoms with Crippen LogP contribution < -0.4 is 10.6 Å². The second kappa shape index (κ2) is 5.97. The van der Waals surface area contributed by atoms with Gasteiger partial charge in [-0.05, 0) is 17.2 Å². The number of hydrogen-bond donors (Lipinski definition) is 3. The molecule has 21 heavy (non-hydrogen) atoms. The van der Waals surface area contributed by atoms with E-state index in [0.29, 0.717) is 13.1 Å². The van der Waals surface area contributed by atoms with E-state index in [1.165, 1.54) is 5.56 Å². The third kappa shape index (κ3) is 2.90. The van der Waals surface area contributed by atoms with Crippen LogP contribution in [0.4, 0.5) is 0 Å². The highest BCUT2D eigenvalue weighted by molar-refractivity contribution is 5.84. The molecule has 108 valence electrons. The number of benzene rings is 2. The van der Waals surface area contributed by atoms with Crippen molar-refractivity contribution in [1.82, 2.24) is 10.6 Å². The van der Waals surface area contributed by atoms with Crippen LogP contribution >= 0.6 is 0 Å². The zero-order chi connectivity index (χ0) is 14.7. The Bertz CT molecular complexity index is 655. The van der Waals surface area contributed by atoms with Gasteiger partial charge in [0.1, 0.15) is 5.75 Å². The monoisotopic (exact) mass is 282 g/mol. The van der Waals surface area contributed by atoms with Crippen LogP contribution in [-0.2, 0) is 17.9 Å². The van der Waals surface area contributed by atoms with Crippen molar-refractivity contribution >= 4 is 5.91 Å². The minimum Gasteiger partial charge on any atom is -0.508 e. The quantitative estimate of drug-likeness (QED) is 0.805. The van der Waals surface area contributed by atoms with Crippen molar-refractivity contribution in [3.8, 4) is 5.75 Å². The molecule has 1 aliphatic rings. The second-order valence-electron chi connectivity index (χ2n) is 5.23. The molecule has 0 spiro atoms. The van der Waals surface area contributed by atoms with Gasteiger partial charge in [0, 0.05) is 25.2 Å². The van der Waals surface area contributed by atoms with Gasteiger partial charge in [-0.25, -0.2) is 0 Å². The van der Waals surface area contributed by atoms with Crippen molar-refractivity contribution < 1.29 is 9.90 Å². The number of hydrogen-bond acceptors (Lipinski definition) is 3. The molecule has 0 saturated heterocycles. The topological polar surface area (TPSA) is 61.4 Å². The third-order valence-corrected chi connectivity index (χ3v) is 3.86. The zero-order valence-electron chi connectivity index (χ0n) is 11.7. The summed E-state index contributed by atoms with van der Waals surface area (Å²) in [4.78, 5) is 12.4. The van der Waals surface area contributed by atoms with Gasteiger partial charge >= 0.3 is 0 Å². The summed E-state index contributed by atoms with van der Waals surface area (Å²) in [5.74, 6) is 0.0127. The van der Waals surface area contributed by atoms with E-state index in [4.69, 9.17) is 0 Å². The molecule has 0 bridgehead atoms. The summed E-state index contributed by atoms with van der Waals surface area (Å²) >= 11 is 0. The van der Waals surface area contributed by atoms with Gasteiger partial charge in [-0.1, -0.05) is 42.5 Å². The molecule has 3 rings (SSSR count). The fourth-order valence-corrected chi connectivity index (χ4v) is 2.70. The number of amides is 1. The molecule has 3 N–H and O–H groups in total. The van der Waals surface area contributed by atoms with Crippen molar-refractivity contribution in [3.63, 3.8) is 0 Å². The number of para-hydroxylation sites is 1. The SMILES string of the molecule is O=C(NCc1ccccc1O)C1CNCc2ccccc21. The van der Waals surface area contributed by atoms with E-state index in [-0.39, 0.29) is 17.6 Å². The standard InChI is InChI=1S/C17H18N2O2/c20-16-8-4-2-6-13(16)10-19-17(21)15-11-18-9-12-5-1-3-7-14(12)15/h1-8,15,18,20H,9-11H2,(H,19,21). The van der Waals surface area contributed by atoms with E-state index in [9.17, 15) is 9.90 Å². The summed E-state index contributed by atoms with van der Waals surface area (Å²) in [5.41, 5.74) is 2.99. The van der Waals surface area contributed by atoms with Gasteiger partial charge in [-0.3, -0.25) is 4.79 Å².